The van der Waals surface area contributed by atoms with Gasteiger partial charge >= 0.3 is 11.8 Å². The molecule has 0 spiro atoms. The molecule has 2 amide bonds. The normalized spacial score (nSPS) is 14.0. The summed E-state index contributed by atoms with van der Waals surface area (Å²) < 4.78 is 10.9. The summed E-state index contributed by atoms with van der Waals surface area (Å²) in [5, 5.41) is 9.29. The van der Waals surface area contributed by atoms with Crippen LogP contribution in [0.5, 0.6) is 11.5 Å². The molecule has 1 aliphatic heterocycles. The van der Waals surface area contributed by atoms with Crippen molar-refractivity contribution in [1.29, 1.82) is 0 Å². The SMILES string of the molecule is CN(C)[C@@H](CNC(=O)C(=O)Nc1ccc2c(c1)OCCO2)c1ccsc1. The molecular formula is C18H21N3O4S. The van der Waals surface area contributed by atoms with Gasteiger partial charge in [-0.1, -0.05) is 0 Å². The standard InChI is InChI=1S/C18H21N3O4S/c1-21(2)14(12-5-8-26-11-12)10-19-17(22)18(23)20-13-3-4-15-16(9-13)25-7-6-24-15/h3-5,8-9,11,14H,6-7,10H2,1-2H3,(H,19,22)(H,20,23)/t14-/m0/s1. The summed E-state index contributed by atoms with van der Waals surface area (Å²) in [4.78, 5) is 26.3. The highest BCUT2D eigenvalue weighted by Crippen LogP contribution is 2.32. The Bertz CT molecular complexity index is 777. The number of amides is 2. The highest BCUT2D eigenvalue weighted by atomic mass is 32.1. The minimum Gasteiger partial charge on any atom is -0.486 e. The smallest absolute Gasteiger partial charge is 0.313 e. The third kappa shape index (κ3) is 4.33. The molecule has 2 aromatic rings. The fraction of sp³-hybridized carbons (Fsp3) is 0.333. The predicted molar refractivity (Wildman–Crippen MR) is 99.8 cm³/mol. The molecule has 0 fully saturated rings. The third-order valence-electron chi connectivity index (χ3n) is 4.01. The summed E-state index contributed by atoms with van der Waals surface area (Å²) in [7, 11) is 3.87. The Kier molecular flexibility index (Phi) is 5.75. The second-order valence-electron chi connectivity index (χ2n) is 6.06. The molecule has 1 aliphatic rings. The third-order valence-corrected chi connectivity index (χ3v) is 4.72. The van der Waals surface area contributed by atoms with Crippen LogP contribution in [0.25, 0.3) is 0 Å². The van der Waals surface area contributed by atoms with Crippen LogP contribution in [0.2, 0.25) is 0 Å². The molecule has 8 heteroatoms. The van der Waals surface area contributed by atoms with E-state index >= 15 is 0 Å². The van der Waals surface area contributed by atoms with Gasteiger partial charge in [0.2, 0.25) is 0 Å². The van der Waals surface area contributed by atoms with Gasteiger partial charge in [0.05, 0.1) is 6.04 Å². The molecule has 7 nitrogen and oxygen atoms in total. The Morgan fingerprint density at radius 3 is 2.62 bits per heavy atom. The molecule has 138 valence electrons. The lowest BCUT2D eigenvalue weighted by Crippen LogP contribution is -2.40. The lowest BCUT2D eigenvalue weighted by molar-refractivity contribution is -0.136. The van der Waals surface area contributed by atoms with Gasteiger partial charge in [-0.25, -0.2) is 0 Å². The first kappa shape index (κ1) is 18.2. The fourth-order valence-corrected chi connectivity index (χ4v) is 3.35. The number of hydrogen-bond acceptors (Lipinski definition) is 6. The molecule has 2 heterocycles. The van der Waals surface area contributed by atoms with Crippen LogP contribution < -0.4 is 20.1 Å². The quantitative estimate of drug-likeness (QED) is 0.780. The summed E-state index contributed by atoms with van der Waals surface area (Å²) in [5.41, 5.74) is 1.59. The van der Waals surface area contributed by atoms with Gasteiger partial charge in [-0.3, -0.25) is 9.59 Å². The van der Waals surface area contributed by atoms with Crippen LogP contribution in [-0.2, 0) is 9.59 Å². The first-order valence-electron chi connectivity index (χ1n) is 8.22. The number of likely N-dealkylation sites (N-methyl/N-ethyl adjacent to an activating group) is 1. The molecule has 0 unspecified atom stereocenters. The average molecular weight is 375 g/mol. The first-order chi connectivity index (χ1) is 12.5. The lowest BCUT2D eigenvalue weighted by Gasteiger charge is -2.23. The van der Waals surface area contributed by atoms with Gasteiger partial charge in [-0.15, -0.1) is 0 Å². The molecule has 0 radical (unpaired) electrons. The number of carbonyl (C=O) groups is 2. The first-order valence-corrected chi connectivity index (χ1v) is 9.16. The van der Waals surface area contributed by atoms with Crippen molar-refractivity contribution in [1.82, 2.24) is 10.2 Å². The van der Waals surface area contributed by atoms with Crippen LogP contribution in [0.1, 0.15) is 11.6 Å². The molecule has 0 aliphatic carbocycles. The number of hydrogen-bond donors (Lipinski definition) is 2. The van der Waals surface area contributed by atoms with Crippen molar-refractivity contribution in [3.63, 3.8) is 0 Å². The summed E-state index contributed by atoms with van der Waals surface area (Å²) in [6, 6.07) is 7.05. The average Bonchev–Trinajstić information content (AvgIpc) is 3.15. The second kappa shape index (κ2) is 8.20. The molecule has 0 bridgehead atoms. The molecule has 3 rings (SSSR count). The topological polar surface area (TPSA) is 79.9 Å². The molecule has 1 aromatic heterocycles. The summed E-state index contributed by atoms with van der Waals surface area (Å²) >= 11 is 1.60. The van der Waals surface area contributed by atoms with Crippen LogP contribution >= 0.6 is 11.3 Å². The van der Waals surface area contributed by atoms with Crippen molar-refractivity contribution < 1.29 is 19.1 Å². The van der Waals surface area contributed by atoms with E-state index in [0.717, 1.165) is 5.56 Å². The molecule has 0 saturated heterocycles. The van der Waals surface area contributed by atoms with Crippen molar-refractivity contribution >= 4 is 28.8 Å². The van der Waals surface area contributed by atoms with Gasteiger partial charge in [0.25, 0.3) is 0 Å². The maximum atomic E-state index is 12.1. The molecule has 2 N–H and O–H groups in total. The maximum absolute atomic E-state index is 12.1. The number of ether oxygens (including phenoxy) is 2. The van der Waals surface area contributed by atoms with Gasteiger partial charge in [-0.2, -0.15) is 11.3 Å². The van der Waals surface area contributed by atoms with Crippen LogP contribution in [0.3, 0.4) is 0 Å². The molecule has 0 saturated carbocycles. The van der Waals surface area contributed by atoms with Gasteiger partial charge in [-0.05, 0) is 48.6 Å². The lowest BCUT2D eigenvalue weighted by atomic mass is 10.1. The van der Waals surface area contributed by atoms with Gasteiger partial charge < -0.3 is 25.0 Å². The van der Waals surface area contributed by atoms with Crippen LogP contribution in [0.4, 0.5) is 5.69 Å². The number of nitrogens with one attached hydrogen (secondary N) is 2. The number of carbonyl (C=O) groups excluding carboxylic acids is 2. The van der Waals surface area contributed by atoms with E-state index in [4.69, 9.17) is 9.47 Å². The number of fused-ring (bicyclic) bond motifs is 1. The van der Waals surface area contributed by atoms with Crippen molar-refractivity contribution in [3.8, 4) is 11.5 Å². The van der Waals surface area contributed by atoms with Crippen LogP contribution in [0.15, 0.2) is 35.0 Å². The van der Waals surface area contributed by atoms with E-state index in [-0.39, 0.29) is 6.04 Å². The number of thiophene rings is 1. The predicted octanol–water partition coefficient (Wildman–Crippen LogP) is 1.88. The van der Waals surface area contributed by atoms with E-state index in [1.807, 2.05) is 35.8 Å². The zero-order chi connectivity index (χ0) is 18.5. The van der Waals surface area contributed by atoms with E-state index in [0.29, 0.717) is 36.9 Å². The van der Waals surface area contributed by atoms with E-state index < -0.39 is 11.8 Å². The Balaban J connectivity index is 1.57. The van der Waals surface area contributed by atoms with Crippen molar-refractivity contribution in [2.75, 3.05) is 39.2 Å². The minimum absolute atomic E-state index is 0.00675. The van der Waals surface area contributed by atoms with Crippen LogP contribution in [0, 0.1) is 0 Å². The number of rotatable bonds is 5. The molecular weight excluding hydrogens is 354 g/mol. The monoisotopic (exact) mass is 375 g/mol. The summed E-state index contributed by atoms with van der Waals surface area (Å²) in [5.74, 6) is -0.214. The summed E-state index contributed by atoms with van der Waals surface area (Å²) in [6.45, 7) is 1.30. The van der Waals surface area contributed by atoms with E-state index in [9.17, 15) is 9.59 Å². The zero-order valence-electron chi connectivity index (χ0n) is 14.7. The number of nitrogens with zero attached hydrogens (tertiary/aromatic N) is 1. The highest BCUT2D eigenvalue weighted by molar-refractivity contribution is 7.08. The van der Waals surface area contributed by atoms with Crippen molar-refractivity contribution in [2.45, 2.75) is 6.04 Å². The second-order valence-corrected chi connectivity index (χ2v) is 6.84. The van der Waals surface area contributed by atoms with Gasteiger partial charge in [0, 0.05) is 18.3 Å². The largest absolute Gasteiger partial charge is 0.486 e. The van der Waals surface area contributed by atoms with Crippen molar-refractivity contribution in [2.24, 2.45) is 0 Å². The minimum atomic E-state index is -0.718. The summed E-state index contributed by atoms with van der Waals surface area (Å²) in [6.07, 6.45) is 0. The molecule has 1 atom stereocenters. The highest BCUT2D eigenvalue weighted by Gasteiger charge is 2.20. The van der Waals surface area contributed by atoms with E-state index in [1.165, 1.54) is 0 Å². The Morgan fingerprint density at radius 1 is 1.15 bits per heavy atom. The van der Waals surface area contributed by atoms with Crippen LogP contribution in [-0.4, -0.2) is 50.6 Å². The molecule has 26 heavy (non-hydrogen) atoms. The van der Waals surface area contributed by atoms with E-state index in [2.05, 4.69) is 10.6 Å². The van der Waals surface area contributed by atoms with E-state index in [1.54, 1.807) is 29.5 Å². The van der Waals surface area contributed by atoms with Gasteiger partial charge in [0.15, 0.2) is 11.5 Å². The molecule has 1 aromatic carbocycles. The Hall–Kier alpha value is -2.58. The zero-order valence-corrected chi connectivity index (χ0v) is 15.5. The Labute approximate surface area is 155 Å². The van der Waals surface area contributed by atoms with Gasteiger partial charge in [0.1, 0.15) is 13.2 Å². The Morgan fingerprint density at radius 2 is 1.92 bits per heavy atom. The fourth-order valence-electron chi connectivity index (χ4n) is 2.64. The number of anilines is 1. The number of benzene rings is 1. The maximum Gasteiger partial charge on any atom is 0.313 e. The van der Waals surface area contributed by atoms with Crippen molar-refractivity contribution in [3.05, 3.63) is 40.6 Å².